The van der Waals surface area contributed by atoms with E-state index in [0.717, 1.165) is 68.7 Å². The molecule has 0 aromatic heterocycles. The van der Waals surface area contributed by atoms with Crippen molar-refractivity contribution in [2.45, 2.75) is 65.0 Å². The first-order valence-electron chi connectivity index (χ1n) is 12.2. The van der Waals surface area contributed by atoms with Gasteiger partial charge in [0.15, 0.2) is 23.0 Å². The predicted octanol–water partition coefficient (Wildman–Crippen LogP) is 5.20. The average molecular weight is 452 g/mol. The van der Waals surface area contributed by atoms with Crippen LogP contribution in [-0.4, -0.2) is 31.3 Å². The van der Waals surface area contributed by atoms with Crippen LogP contribution in [0.1, 0.15) is 67.8 Å². The van der Waals surface area contributed by atoms with E-state index in [4.69, 9.17) is 18.9 Å². The number of hydrogen-bond donors (Lipinski definition) is 0. The maximum atomic E-state index is 13.1. The van der Waals surface area contributed by atoms with Gasteiger partial charge in [-0.2, -0.15) is 0 Å². The van der Waals surface area contributed by atoms with Crippen molar-refractivity contribution in [3.05, 3.63) is 46.5 Å². The highest BCUT2D eigenvalue weighted by Gasteiger charge is 2.36. The molecule has 0 N–H and O–H groups in total. The molecule has 3 aliphatic heterocycles. The lowest BCUT2D eigenvalue weighted by molar-refractivity contribution is -0.139. The number of carbonyl (C=O) groups excluding carboxylic acids is 1. The maximum Gasteiger partial charge on any atom is 0.314 e. The highest BCUT2D eigenvalue weighted by Crippen LogP contribution is 2.46. The van der Waals surface area contributed by atoms with E-state index in [2.05, 4.69) is 36.9 Å². The normalized spacial score (nSPS) is 18.5. The number of methoxy groups -OCH3 is 1. The summed E-state index contributed by atoms with van der Waals surface area (Å²) < 4.78 is 23.0. The highest BCUT2D eigenvalue weighted by atomic mass is 16.7. The van der Waals surface area contributed by atoms with Crippen molar-refractivity contribution in [1.29, 1.82) is 0 Å². The molecule has 0 aliphatic carbocycles. The van der Waals surface area contributed by atoms with Crippen LogP contribution in [0.5, 0.6) is 23.0 Å². The molecule has 1 atom stereocenters. The Bertz CT molecular complexity index is 1040. The van der Waals surface area contributed by atoms with Crippen molar-refractivity contribution in [2.24, 2.45) is 5.92 Å². The summed E-state index contributed by atoms with van der Waals surface area (Å²) in [7, 11) is 1.64. The zero-order chi connectivity index (χ0) is 22.9. The van der Waals surface area contributed by atoms with Gasteiger partial charge in [-0.15, -0.1) is 0 Å². The molecular weight excluding hydrogens is 418 g/mol. The van der Waals surface area contributed by atoms with Gasteiger partial charge in [-0.3, -0.25) is 9.69 Å². The van der Waals surface area contributed by atoms with E-state index in [1.165, 1.54) is 16.7 Å². The first-order valence-corrected chi connectivity index (χ1v) is 12.2. The van der Waals surface area contributed by atoms with Crippen molar-refractivity contribution in [3.8, 4) is 23.0 Å². The van der Waals surface area contributed by atoms with Crippen LogP contribution in [0.25, 0.3) is 0 Å². The van der Waals surface area contributed by atoms with E-state index in [-0.39, 0.29) is 17.9 Å². The fourth-order valence-electron chi connectivity index (χ4n) is 5.53. The Balaban J connectivity index is 1.46. The Morgan fingerprint density at radius 3 is 2.61 bits per heavy atom. The van der Waals surface area contributed by atoms with Gasteiger partial charge in [-0.05, 0) is 60.6 Å². The molecule has 0 saturated heterocycles. The SMILES string of the molecule is CCCC(CCC)C(=O)Oc1c(OC)ccc2c1CN1CCc3cc4c(cc3C1C2)OCO4. The minimum Gasteiger partial charge on any atom is -0.493 e. The third kappa shape index (κ3) is 4.05. The van der Waals surface area contributed by atoms with Crippen molar-refractivity contribution in [2.75, 3.05) is 20.4 Å². The number of fused-ring (bicyclic) bond motifs is 5. The van der Waals surface area contributed by atoms with E-state index < -0.39 is 0 Å². The van der Waals surface area contributed by atoms with Gasteiger partial charge in [0, 0.05) is 24.7 Å². The number of hydrogen-bond acceptors (Lipinski definition) is 6. The molecule has 0 bridgehead atoms. The number of rotatable bonds is 7. The molecule has 6 nitrogen and oxygen atoms in total. The van der Waals surface area contributed by atoms with Gasteiger partial charge in [-0.1, -0.05) is 32.8 Å². The summed E-state index contributed by atoms with van der Waals surface area (Å²) in [5, 5.41) is 0. The largest absolute Gasteiger partial charge is 0.493 e. The molecule has 0 radical (unpaired) electrons. The molecule has 2 aromatic carbocycles. The Kier molecular flexibility index (Phi) is 6.19. The molecule has 33 heavy (non-hydrogen) atoms. The number of ether oxygens (including phenoxy) is 4. The van der Waals surface area contributed by atoms with Crippen LogP contribution in [0.3, 0.4) is 0 Å². The number of esters is 1. The first kappa shape index (κ1) is 22.1. The lowest BCUT2D eigenvalue weighted by Gasteiger charge is -2.42. The minimum absolute atomic E-state index is 0.0666. The minimum atomic E-state index is -0.135. The fourth-order valence-corrected chi connectivity index (χ4v) is 5.53. The van der Waals surface area contributed by atoms with Crippen molar-refractivity contribution in [3.63, 3.8) is 0 Å². The molecule has 3 aliphatic rings. The summed E-state index contributed by atoms with van der Waals surface area (Å²) in [5.74, 6) is 2.72. The first-order chi connectivity index (χ1) is 16.1. The second-order valence-corrected chi connectivity index (χ2v) is 9.27. The number of benzene rings is 2. The van der Waals surface area contributed by atoms with Gasteiger partial charge in [0.05, 0.1) is 13.0 Å². The number of carbonyl (C=O) groups is 1. The summed E-state index contributed by atoms with van der Waals surface area (Å²) in [6, 6.07) is 8.65. The third-order valence-electron chi connectivity index (χ3n) is 7.23. The van der Waals surface area contributed by atoms with E-state index in [9.17, 15) is 4.79 Å². The van der Waals surface area contributed by atoms with Gasteiger partial charge in [0.2, 0.25) is 6.79 Å². The standard InChI is InChI=1S/C27H33NO5/c1-4-6-17(7-5-2)27(29)33-26-21-15-28-11-10-19-13-24-25(32-16-31-24)14-20(19)22(28)12-18(21)8-9-23(26)30-3/h8-9,13-14,17,22H,4-7,10-12,15-16H2,1-3H3. The molecule has 1 unspecified atom stereocenters. The lowest BCUT2D eigenvalue weighted by atomic mass is 9.83. The molecule has 5 rings (SSSR count). The zero-order valence-corrected chi connectivity index (χ0v) is 19.8. The molecule has 3 heterocycles. The Labute approximate surface area is 195 Å². The van der Waals surface area contributed by atoms with Crippen LogP contribution in [0, 0.1) is 5.92 Å². The lowest BCUT2D eigenvalue weighted by Crippen LogP contribution is -2.39. The van der Waals surface area contributed by atoms with Gasteiger partial charge in [-0.25, -0.2) is 0 Å². The summed E-state index contributed by atoms with van der Waals surface area (Å²) in [5.41, 5.74) is 4.95. The molecule has 0 spiro atoms. The molecule has 6 heteroatoms. The van der Waals surface area contributed by atoms with Gasteiger partial charge >= 0.3 is 5.97 Å². The van der Waals surface area contributed by atoms with E-state index in [0.29, 0.717) is 18.3 Å². The molecule has 0 amide bonds. The smallest absolute Gasteiger partial charge is 0.314 e. The summed E-state index contributed by atoms with van der Waals surface area (Å²) in [4.78, 5) is 15.6. The van der Waals surface area contributed by atoms with Crippen LogP contribution in [0.15, 0.2) is 24.3 Å². The summed E-state index contributed by atoms with van der Waals surface area (Å²) in [6.07, 6.45) is 5.47. The number of nitrogens with zero attached hydrogens (tertiary/aromatic N) is 1. The topological polar surface area (TPSA) is 57.2 Å². The summed E-state index contributed by atoms with van der Waals surface area (Å²) >= 11 is 0. The van der Waals surface area contributed by atoms with E-state index in [1.807, 2.05) is 6.07 Å². The van der Waals surface area contributed by atoms with E-state index >= 15 is 0 Å². The van der Waals surface area contributed by atoms with E-state index in [1.54, 1.807) is 7.11 Å². The second-order valence-electron chi connectivity index (χ2n) is 9.27. The molecule has 176 valence electrons. The Hall–Kier alpha value is -2.73. The highest BCUT2D eigenvalue weighted by molar-refractivity contribution is 5.76. The molecule has 0 fully saturated rings. The van der Waals surface area contributed by atoms with Gasteiger partial charge in [0.1, 0.15) is 0 Å². The molecule has 2 aromatic rings. The zero-order valence-electron chi connectivity index (χ0n) is 19.8. The monoisotopic (exact) mass is 451 g/mol. The van der Waals surface area contributed by atoms with Crippen molar-refractivity contribution in [1.82, 2.24) is 4.90 Å². The van der Waals surface area contributed by atoms with Crippen LogP contribution in [-0.2, 0) is 24.2 Å². The predicted molar refractivity (Wildman–Crippen MR) is 125 cm³/mol. The van der Waals surface area contributed by atoms with Crippen LogP contribution in [0.2, 0.25) is 0 Å². The Morgan fingerprint density at radius 1 is 1.12 bits per heavy atom. The van der Waals surface area contributed by atoms with Crippen LogP contribution >= 0.6 is 0 Å². The third-order valence-corrected chi connectivity index (χ3v) is 7.23. The maximum absolute atomic E-state index is 13.1. The molecular formula is C27H33NO5. The van der Waals surface area contributed by atoms with Crippen LogP contribution < -0.4 is 18.9 Å². The van der Waals surface area contributed by atoms with Crippen molar-refractivity contribution >= 4 is 5.97 Å². The Morgan fingerprint density at radius 2 is 1.88 bits per heavy atom. The van der Waals surface area contributed by atoms with Gasteiger partial charge in [0.25, 0.3) is 0 Å². The van der Waals surface area contributed by atoms with Crippen LogP contribution in [0.4, 0.5) is 0 Å². The van der Waals surface area contributed by atoms with Crippen molar-refractivity contribution < 1.29 is 23.7 Å². The summed E-state index contributed by atoms with van der Waals surface area (Å²) in [6.45, 7) is 6.21. The molecule has 0 saturated carbocycles. The quantitative estimate of drug-likeness (QED) is 0.426. The second kappa shape index (κ2) is 9.26. The van der Waals surface area contributed by atoms with Gasteiger partial charge < -0.3 is 18.9 Å². The average Bonchev–Trinajstić information content (AvgIpc) is 3.29. The fraction of sp³-hybridized carbons (Fsp3) is 0.519.